The molecule has 2 N–H and O–H groups in total. The number of piperidine rings is 1. The molecule has 0 radical (unpaired) electrons. The van der Waals surface area contributed by atoms with E-state index in [0.717, 1.165) is 6.42 Å². The molecule has 22 heavy (non-hydrogen) atoms. The van der Waals surface area contributed by atoms with Crippen molar-refractivity contribution in [2.24, 2.45) is 5.92 Å². The maximum absolute atomic E-state index is 13.0. The minimum absolute atomic E-state index is 0.0324. The summed E-state index contributed by atoms with van der Waals surface area (Å²) in [7, 11) is 0. The molecule has 0 saturated carbocycles. The van der Waals surface area contributed by atoms with Gasteiger partial charge in [0, 0.05) is 13.1 Å². The van der Waals surface area contributed by atoms with Gasteiger partial charge in [0.15, 0.2) is 0 Å². The molecule has 2 unspecified atom stereocenters. The Morgan fingerprint density at radius 2 is 2.23 bits per heavy atom. The average molecular weight is 308 g/mol. The first-order valence-corrected chi connectivity index (χ1v) is 7.42. The van der Waals surface area contributed by atoms with Gasteiger partial charge in [-0.3, -0.25) is 9.59 Å². The number of hydrogen-bond donors (Lipinski definition) is 2. The molecule has 1 aliphatic rings. The van der Waals surface area contributed by atoms with Crippen LogP contribution in [0, 0.1) is 11.7 Å². The van der Waals surface area contributed by atoms with Crippen LogP contribution in [0.1, 0.15) is 18.9 Å². The van der Waals surface area contributed by atoms with Crippen LogP contribution in [0.2, 0.25) is 0 Å². The highest BCUT2D eigenvalue weighted by Gasteiger charge is 2.27. The number of likely N-dealkylation sites (tertiary alicyclic amines) is 1. The van der Waals surface area contributed by atoms with Gasteiger partial charge in [-0.25, -0.2) is 4.39 Å². The summed E-state index contributed by atoms with van der Waals surface area (Å²) >= 11 is 0. The summed E-state index contributed by atoms with van der Waals surface area (Å²) in [6.45, 7) is 2.75. The Balaban J connectivity index is 1.77. The van der Waals surface area contributed by atoms with Gasteiger partial charge in [-0.05, 0) is 30.0 Å². The van der Waals surface area contributed by atoms with E-state index >= 15 is 0 Å². The minimum atomic E-state index is -0.513. The molecule has 2 atom stereocenters. The van der Waals surface area contributed by atoms with Crippen LogP contribution in [-0.2, 0) is 16.0 Å². The van der Waals surface area contributed by atoms with Crippen LogP contribution >= 0.6 is 0 Å². The van der Waals surface area contributed by atoms with Gasteiger partial charge < -0.3 is 15.3 Å². The van der Waals surface area contributed by atoms with Gasteiger partial charge in [-0.15, -0.1) is 0 Å². The zero-order valence-electron chi connectivity index (χ0n) is 12.6. The van der Waals surface area contributed by atoms with Crippen molar-refractivity contribution in [2.45, 2.75) is 25.9 Å². The second-order valence-corrected chi connectivity index (χ2v) is 5.76. The third-order valence-electron chi connectivity index (χ3n) is 3.96. The normalized spacial score (nSPS) is 21.5. The first kappa shape index (κ1) is 16.4. The summed E-state index contributed by atoms with van der Waals surface area (Å²) < 4.78 is 13.0. The van der Waals surface area contributed by atoms with E-state index in [1.165, 1.54) is 12.1 Å². The van der Waals surface area contributed by atoms with Crippen LogP contribution < -0.4 is 5.32 Å². The molecule has 120 valence electrons. The van der Waals surface area contributed by atoms with Gasteiger partial charge in [0.2, 0.25) is 11.8 Å². The van der Waals surface area contributed by atoms with Gasteiger partial charge in [0.25, 0.3) is 0 Å². The number of carbonyl (C=O) groups excluding carboxylic acids is 2. The van der Waals surface area contributed by atoms with Crippen molar-refractivity contribution >= 4 is 11.8 Å². The summed E-state index contributed by atoms with van der Waals surface area (Å²) in [5.74, 6) is -0.743. The minimum Gasteiger partial charge on any atom is -0.391 e. The lowest BCUT2D eigenvalue weighted by molar-refractivity contribution is -0.136. The van der Waals surface area contributed by atoms with Crippen molar-refractivity contribution in [1.29, 1.82) is 0 Å². The molecule has 1 saturated heterocycles. The molecule has 0 spiro atoms. The van der Waals surface area contributed by atoms with Gasteiger partial charge in [0.05, 0.1) is 19.1 Å². The third-order valence-corrected chi connectivity index (χ3v) is 3.96. The summed E-state index contributed by atoms with van der Waals surface area (Å²) in [4.78, 5) is 25.3. The fraction of sp³-hybridized carbons (Fsp3) is 0.500. The number of halogens is 1. The van der Waals surface area contributed by atoms with E-state index in [4.69, 9.17) is 0 Å². The van der Waals surface area contributed by atoms with Crippen LogP contribution in [0.4, 0.5) is 4.39 Å². The highest BCUT2D eigenvalue weighted by Crippen LogP contribution is 2.16. The molecule has 1 fully saturated rings. The summed E-state index contributed by atoms with van der Waals surface area (Å²) in [5.41, 5.74) is 0.562. The number of hydrogen-bond acceptors (Lipinski definition) is 3. The number of rotatable bonds is 4. The van der Waals surface area contributed by atoms with E-state index in [0.29, 0.717) is 18.7 Å². The molecule has 1 aromatic carbocycles. The standard InChI is InChI=1S/C16H21FN2O3/c1-11-5-6-19(10-14(11)20)16(22)9-18-15(21)8-12-3-2-4-13(17)7-12/h2-4,7,11,14,20H,5-6,8-10H2,1H3,(H,18,21). The number of aliphatic hydroxyl groups is 1. The maximum Gasteiger partial charge on any atom is 0.242 e. The van der Waals surface area contributed by atoms with E-state index in [-0.39, 0.29) is 30.7 Å². The molecule has 2 rings (SSSR count). The molecule has 0 aliphatic carbocycles. The molecule has 2 amide bonds. The largest absolute Gasteiger partial charge is 0.391 e. The van der Waals surface area contributed by atoms with Crippen molar-refractivity contribution in [3.05, 3.63) is 35.6 Å². The Morgan fingerprint density at radius 3 is 2.91 bits per heavy atom. The summed E-state index contributed by atoms with van der Waals surface area (Å²) in [6.07, 6.45) is 0.273. The van der Waals surface area contributed by atoms with Gasteiger partial charge in [-0.1, -0.05) is 19.1 Å². The lowest BCUT2D eigenvalue weighted by Crippen LogP contribution is -2.49. The van der Waals surface area contributed by atoms with E-state index in [1.807, 2.05) is 6.92 Å². The van der Waals surface area contributed by atoms with Crippen LogP contribution in [0.15, 0.2) is 24.3 Å². The zero-order chi connectivity index (χ0) is 16.1. The van der Waals surface area contributed by atoms with Gasteiger partial charge in [0.1, 0.15) is 5.82 Å². The third kappa shape index (κ3) is 4.53. The van der Waals surface area contributed by atoms with Crippen molar-refractivity contribution in [2.75, 3.05) is 19.6 Å². The maximum atomic E-state index is 13.0. The summed E-state index contributed by atoms with van der Waals surface area (Å²) in [5, 5.41) is 12.3. The van der Waals surface area contributed by atoms with Gasteiger partial charge in [-0.2, -0.15) is 0 Å². The van der Waals surface area contributed by atoms with Gasteiger partial charge >= 0.3 is 0 Å². The van der Waals surface area contributed by atoms with E-state index < -0.39 is 11.9 Å². The quantitative estimate of drug-likeness (QED) is 0.861. The number of carbonyl (C=O) groups is 2. The molecule has 0 aromatic heterocycles. The second kappa shape index (κ2) is 7.35. The Bertz CT molecular complexity index is 550. The number of nitrogens with zero attached hydrogens (tertiary/aromatic N) is 1. The van der Waals surface area contributed by atoms with E-state index in [1.54, 1.807) is 17.0 Å². The van der Waals surface area contributed by atoms with Crippen molar-refractivity contribution in [1.82, 2.24) is 10.2 Å². The highest BCUT2D eigenvalue weighted by atomic mass is 19.1. The fourth-order valence-corrected chi connectivity index (χ4v) is 2.46. The Hall–Kier alpha value is -1.95. The molecule has 6 heteroatoms. The fourth-order valence-electron chi connectivity index (χ4n) is 2.46. The number of aliphatic hydroxyl groups excluding tert-OH is 1. The van der Waals surface area contributed by atoms with Crippen molar-refractivity contribution in [3.63, 3.8) is 0 Å². The summed E-state index contributed by atoms with van der Waals surface area (Å²) in [6, 6.07) is 5.81. The predicted molar refractivity (Wildman–Crippen MR) is 79.5 cm³/mol. The SMILES string of the molecule is CC1CCN(C(=O)CNC(=O)Cc2cccc(F)c2)CC1O. The molecule has 5 nitrogen and oxygen atoms in total. The second-order valence-electron chi connectivity index (χ2n) is 5.76. The van der Waals surface area contributed by atoms with Crippen LogP contribution in [0.25, 0.3) is 0 Å². The molecular formula is C16H21FN2O3. The zero-order valence-corrected chi connectivity index (χ0v) is 12.6. The number of amides is 2. The van der Waals surface area contributed by atoms with Crippen LogP contribution in [0.3, 0.4) is 0 Å². The molecule has 0 bridgehead atoms. The number of β-amino-alcohol motifs (C(OH)–C–C–N with tert-alkyl or cyclic N) is 1. The average Bonchev–Trinajstić information content (AvgIpc) is 2.47. The first-order chi connectivity index (χ1) is 10.5. The predicted octanol–water partition coefficient (Wildman–Crippen LogP) is 0.714. The van der Waals surface area contributed by atoms with Crippen LogP contribution in [0.5, 0.6) is 0 Å². The van der Waals surface area contributed by atoms with E-state index in [9.17, 15) is 19.1 Å². The first-order valence-electron chi connectivity index (χ1n) is 7.42. The monoisotopic (exact) mass is 308 g/mol. The van der Waals surface area contributed by atoms with E-state index in [2.05, 4.69) is 5.32 Å². The topological polar surface area (TPSA) is 69.6 Å². The Labute approximate surface area is 129 Å². The Morgan fingerprint density at radius 1 is 1.45 bits per heavy atom. The Kier molecular flexibility index (Phi) is 5.49. The molecule has 1 aromatic rings. The van der Waals surface area contributed by atoms with Crippen molar-refractivity contribution < 1.29 is 19.1 Å². The van der Waals surface area contributed by atoms with Crippen LogP contribution in [-0.4, -0.2) is 47.6 Å². The molecule has 1 heterocycles. The lowest BCUT2D eigenvalue weighted by Gasteiger charge is -2.34. The smallest absolute Gasteiger partial charge is 0.242 e. The van der Waals surface area contributed by atoms with Crippen molar-refractivity contribution in [3.8, 4) is 0 Å². The lowest BCUT2D eigenvalue weighted by atomic mass is 9.96. The molecular weight excluding hydrogens is 287 g/mol. The number of benzene rings is 1. The highest BCUT2D eigenvalue weighted by molar-refractivity contribution is 5.85. The molecule has 1 aliphatic heterocycles. The number of nitrogens with one attached hydrogen (secondary N) is 1.